The van der Waals surface area contributed by atoms with E-state index in [4.69, 9.17) is 17.7 Å². The Morgan fingerprint density at radius 1 is 1.15 bits per heavy atom. The van der Waals surface area contributed by atoms with E-state index in [2.05, 4.69) is 0 Å². The number of carbonyl (C=O) groups is 1. The van der Waals surface area contributed by atoms with Gasteiger partial charge in [0.1, 0.15) is 19.3 Å². The van der Waals surface area contributed by atoms with Crippen molar-refractivity contribution in [3.05, 3.63) is 53.6 Å². The van der Waals surface area contributed by atoms with Gasteiger partial charge in [-0.25, -0.2) is 0 Å². The van der Waals surface area contributed by atoms with Crippen molar-refractivity contribution in [2.75, 3.05) is 6.61 Å². The van der Waals surface area contributed by atoms with Gasteiger partial charge in [-0.2, -0.15) is 0 Å². The molecular weight excluding hydrogens is 251 g/mol. The van der Waals surface area contributed by atoms with Crippen molar-refractivity contribution >= 4 is 19.6 Å². The molecule has 4 heteroatoms. The third kappa shape index (κ3) is 3.71. The van der Waals surface area contributed by atoms with Gasteiger partial charge in [0.15, 0.2) is 6.29 Å². The Hall–Kier alpha value is -2.07. The summed E-state index contributed by atoms with van der Waals surface area (Å²) in [5.74, 6) is 1.14. The molecule has 0 unspecified atom stereocenters. The van der Waals surface area contributed by atoms with Crippen LogP contribution in [0.3, 0.4) is 0 Å². The van der Waals surface area contributed by atoms with Crippen LogP contribution in [-0.4, -0.2) is 25.8 Å². The van der Waals surface area contributed by atoms with Crippen LogP contribution in [0.5, 0.6) is 11.5 Å². The maximum atomic E-state index is 11.0. The average Bonchev–Trinajstić information content (AvgIpc) is 2.48. The quantitative estimate of drug-likeness (QED) is 0.642. The van der Waals surface area contributed by atoms with E-state index in [9.17, 15) is 4.79 Å². The zero-order valence-electron chi connectivity index (χ0n) is 11.1. The minimum absolute atomic E-state index is 0.187. The molecule has 1 N–H and O–H groups in total. The normalized spacial score (nSPS) is 10.2. The number of rotatable bonds is 6. The van der Waals surface area contributed by atoms with Gasteiger partial charge in [0.05, 0.1) is 5.56 Å². The predicted octanol–water partition coefficient (Wildman–Crippen LogP) is 2.01. The third-order valence-electron chi connectivity index (χ3n) is 2.94. The van der Waals surface area contributed by atoms with Crippen LogP contribution in [0.25, 0.3) is 0 Å². The first-order chi connectivity index (χ1) is 9.72. The van der Waals surface area contributed by atoms with Gasteiger partial charge < -0.3 is 9.84 Å². The molecule has 0 saturated heterocycles. The number of carbonyl (C=O) groups excluding carboxylic acids is 1. The van der Waals surface area contributed by atoms with Crippen LogP contribution in [0.1, 0.15) is 22.3 Å². The monoisotopic (exact) mass is 266 g/mol. The highest BCUT2D eigenvalue weighted by atomic mass is 16.5. The molecule has 0 spiro atoms. The lowest BCUT2D eigenvalue weighted by atomic mass is 9.94. The van der Waals surface area contributed by atoms with E-state index in [-0.39, 0.29) is 6.61 Å². The number of ether oxygens (including phenoxy) is 1. The van der Waals surface area contributed by atoms with Crippen molar-refractivity contribution in [3.8, 4) is 11.5 Å². The molecule has 0 aliphatic heterocycles. The van der Waals surface area contributed by atoms with Crippen LogP contribution in [0, 0.1) is 0 Å². The van der Waals surface area contributed by atoms with E-state index < -0.39 is 0 Å². The summed E-state index contributed by atoms with van der Waals surface area (Å²) in [6, 6.07) is 12.5. The number of hydrogen-bond donors (Lipinski definition) is 1. The molecule has 2 aromatic rings. The fourth-order valence-electron chi connectivity index (χ4n) is 1.89. The van der Waals surface area contributed by atoms with Crippen molar-refractivity contribution in [1.29, 1.82) is 0 Å². The molecule has 0 aliphatic carbocycles. The van der Waals surface area contributed by atoms with Gasteiger partial charge >= 0.3 is 0 Å². The van der Waals surface area contributed by atoms with Crippen LogP contribution in [-0.2, 0) is 6.42 Å². The smallest absolute Gasteiger partial charge is 0.153 e. The number of aliphatic hydroxyl groups excluding tert-OH is 1. The van der Waals surface area contributed by atoms with Crippen molar-refractivity contribution in [3.63, 3.8) is 0 Å². The zero-order chi connectivity index (χ0) is 14.4. The average molecular weight is 266 g/mol. The zero-order valence-corrected chi connectivity index (χ0v) is 11.1. The standard InChI is InChI=1S/C16H15BO3/c17-14-5-8-16(13(10-14)11-19)20-15-6-3-12(4-7-15)2-1-9-18/h3-8,10-11,18H,1-2,9H2. The van der Waals surface area contributed by atoms with Crippen LogP contribution < -0.4 is 10.2 Å². The molecule has 0 atom stereocenters. The van der Waals surface area contributed by atoms with Crippen molar-refractivity contribution in [2.24, 2.45) is 0 Å². The van der Waals surface area contributed by atoms with Gasteiger partial charge in [-0.15, -0.1) is 0 Å². The molecule has 0 saturated carbocycles. The highest BCUT2D eigenvalue weighted by Gasteiger charge is 2.04. The Balaban J connectivity index is 2.12. The summed E-state index contributed by atoms with van der Waals surface area (Å²) < 4.78 is 5.68. The summed E-state index contributed by atoms with van der Waals surface area (Å²) in [5, 5.41) is 8.79. The van der Waals surface area contributed by atoms with Crippen molar-refractivity contribution < 1.29 is 14.6 Å². The second-order valence-corrected chi connectivity index (χ2v) is 4.49. The Morgan fingerprint density at radius 2 is 1.90 bits per heavy atom. The van der Waals surface area contributed by atoms with Crippen LogP contribution in [0.2, 0.25) is 0 Å². The second-order valence-electron chi connectivity index (χ2n) is 4.49. The summed E-state index contributed by atoms with van der Waals surface area (Å²) in [6.07, 6.45) is 2.30. The van der Waals surface area contributed by atoms with Gasteiger partial charge in [-0.1, -0.05) is 29.7 Å². The summed E-state index contributed by atoms with van der Waals surface area (Å²) in [4.78, 5) is 11.0. The molecule has 2 rings (SSSR count). The predicted molar refractivity (Wildman–Crippen MR) is 79.1 cm³/mol. The summed E-state index contributed by atoms with van der Waals surface area (Å²) in [7, 11) is 5.63. The fraction of sp³-hybridized carbons (Fsp3) is 0.188. The van der Waals surface area contributed by atoms with Gasteiger partial charge in [-0.05, 0) is 36.6 Å². The molecule has 0 amide bonds. The first-order valence-electron chi connectivity index (χ1n) is 6.45. The van der Waals surface area contributed by atoms with Gasteiger partial charge in [-0.3, -0.25) is 4.79 Å². The number of benzene rings is 2. The summed E-state index contributed by atoms with van der Waals surface area (Å²) in [5.41, 5.74) is 2.09. The highest BCUT2D eigenvalue weighted by molar-refractivity contribution is 6.32. The van der Waals surface area contributed by atoms with Gasteiger partial charge in [0.2, 0.25) is 0 Å². The molecule has 0 heterocycles. The molecule has 2 aromatic carbocycles. The fourth-order valence-corrected chi connectivity index (χ4v) is 1.89. The first-order valence-corrected chi connectivity index (χ1v) is 6.45. The number of aryl methyl sites for hydroxylation is 1. The lowest BCUT2D eigenvalue weighted by molar-refractivity contribution is 0.112. The van der Waals surface area contributed by atoms with Crippen LogP contribution in [0.15, 0.2) is 42.5 Å². The molecule has 2 radical (unpaired) electrons. The Morgan fingerprint density at radius 3 is 2.55 bits per heavy atom. The number of aldehydes is 1. The van der Waals surface area contributed by atoms with Crippen molar-refractivity contribution in [2.45, 2.75) is 12.8 Å². The van der Waals surface area contributed by atoms with E-state index in [1.54, 1.807) is 18.2 Å². The molecule has 3 nitrogen and oxygen atoms in total. The van der Waals surface area contributed by atoms with E-state index >= 15 is 0 Å². The van der Waals surface area contributed by atoms with Crippen molar-refractivity contribution in [1.82, 2.24) is 0 Å². The topological polar surface area (TPSA) is 46.5 Å². The molecular formula is C16H15BO3. The summed E-state index contributed by atoms with van der Waals surface area (Å²) >= 11 is 0. The van der Waals surface area contributed by atoms with Gasteiger partial charge in [0, 0.05) is 6.61 Å². The molecule has 0 aliphatic rings. The Labute approximate surface area is 119 Å². The number of aliphatic hydroxyl groups is 1. The number of hydrogen-bond acceptors (Lipinski definition) is 3. The van der Waals surface area contributed by atoms with E-state index in [1.165, 1.54) is 0 Å². The molecule has 100 valence electrons. The second kappa shape index (κ2) is 6.92. The Bertz CT molecular complexity index is 579. The van der Waals surface area contributed by atoms with E-state index in [1.807, 2.05) is 24.3 Å². The van der Waals surface area contributed by atoms with E-state index in [0.717, 1.165) is 24.7 Å². The first kappa shape index (κ1) is 14.3. The minimum Gasteiger partial charge on any atom is -0.457 e. The highest BCUT2D eigenvalue weighted by Crippen LogP contribution is 2.24. The molecule has 0 bridgehead atoms. The molecule has 0 aromatic heterocycles. The lowest BCUT2D eigenvalue weighted by Crippen LogP contribution is -2.03. The minimum atomic E-state index is 0.187. The Kier molecular flexibility index (Phi) is 4.96. The largest absolute Gasteiger partial charge is 0.457 e. The van der Waals surface area contributed by atoms with Gasteiger partial charge in [0.25, 0.3) is 0 Å². The van der Waals surface area contributed by atoms with Crippen LogP contribution in [0.4, 0.5) is 0 Å². The summed E-state index contributed by atoms with van der Waals surface area (Å²) in [6.45, 7) is 0.187. The van der Waals surface area contributed by atoms with E-state index in [0.29, 0.717) is 22.5 Å². The maximum absolute atomic E-state index is 11.0. The SMILES string of the molecule is [B]c1ccc(Oc2ccc(CCCO)cc2)c(C=O)c1. The third-order valence-corrected chi connectivity index (χ3v) is 2.94. The lowest BCUT2D eigenvalue weighted by Gasteiger charge is -2.09. The van der Waals surface area contributed by atoms with Crippen LogP contribution >= 0.6 is 0 Å². The molecule has 0 fully saturated rings. The maximum Gasteiger partial charge on any atom is 0.153 e. The molecule has 20 heavy (non-hydrogen) atoms.